The summed E-state index contributed by atoms with van der Waals surface area (Å²) in [5.74, 6) is 6.50. The molecule has 2 heterocycles. The van der Waals surface area contributed by atoms with Gasteiger partial charge in [-0.15, -0.1) is 11.3 Å². The van der Waals surface area contributed by atoms with Crippen LogP contribution in [0.5, 0.6) is 0 Å². The van der Waals surface area contributed by atoms with Gasteiger partial charge in [0.25, 0.3) is 0 Å². The number of nitrogens with two attached hydrogens (primary N) is 1. The van der Waals surface area contributed by atoms with Crippen molar-refractivity contribution in [2.24, 2.45) is 5.84 Å². The second-order valence-electron chi connectivity index (χ2n) is 3.93. The van der Waals surface area contributed by atoms with Crippen LogP contribution in [0.15, 0.2) is 29.6 Å². The van der Waals surface area contributed by atoms with E-state index in [-0.39, 0.29) is 0 Å². The van der Waals surface area contributed by atoms with Crippen LogP contribution in [0.2, 0.25) is 5.02 Å². The minimum atomic E-state index is 0.381. The lowest BCUT2D eigenvalue weighted by molar-refractivity contribution is 1.16. The lowest BCUT2D eigenvalue weighted by atomic mass is 10.3. The molecule has 0 atom stereocenters. The summed E-state index contributed by atoms with van der Waals surface area (Å²) in [7, 11) is 0. The Morgan fingerprint density at radius 1 is 1.25 bits per heavy atom. The number of anilines is 3. The summed E-state index contributed by atoms with van der Waals surface area (Å²) in [4.78, 5) is 9.54. The van der Waals surface area contributed by atoms with Crippen molar-refractivity contribution in [1.29, 1.82) is 0 Å². The van der Waals surface area contributed by atoms with Crippen LogP contribution < -0.4 is 16.6 Å². The summed E-state index contributed by atoms with van der Waals surface area (Å²) in [6, 6.07) is 7.62. The third-order valence-corrected chi connectivity index (χ3v) is 4.57. The topological polar surface area (TPSA) is 75.9 Å². The number of nitrogens with zero attached hydrogens (tertiary/aromatic N) is 2. The molecule has 8 heteroatoms. The fourth-order valence-electron chi connectivity index (χ4n) is 1.73. The van der Waals surface area contributed by atoms with Crippen molar-refractivity contribution in [3.05, 3.63) is 38.2 Å². The number of hydrogen-bond donors (Lipinski definition) is 3. The molecule has 3 aromatic rings. The van der Waals surface area contributed by atoms with Crippen LogP contribution in [0.4, 0.5) is 17.5 Å². The van der Waals surface area contributed by atoms with Crippen molar-refractivity contribution >= 4 is 73.2 Å². The van der Waals surface area contributed by atoms with Crippen LogP contribution in [0, 0.1) is 3.57 Å². The number of fused-ring (bicyclic) bond motifs is 1. The zero-order valence-corrected chi connectivity index (χ0v) is 13.8. The van der Waals surface area contributed by atoms with Crippen molar-refractivity contribution in [1.82, 2.24) is 9.97 Å². The second kappa shape index (κ2) is 5.68. The molecule has 5 nitrogen and oxygen atoms in total. The summed E-state index contributed by atoms with van der Waals surface area (Å²) in [5.41, 5.74) is 3.41. The standard InChI is InChI=1S/C12H9ClIN5S/c13-6-1-2-9(8(14)5-6)16-10-7-3-4-20-11(7)18-12(17-10)19-15/h1-5H,15H2,(H2,16,17,18,19). The maximum Gasteiger partial charge on any atom is 0.240 e. The lowest BCUT2D eigenvalue weighted by Gasteiger charge is -2.10. The number of benzene rings is 1. The molecular formula is C12H9ClIN5S. The van der Waals surface area contributed by atoms with Gasteiger partial charge in [-0.1, -0.05) is 11.6 Å². The van der Waals surface area contributed by atoms with Crippen LogP contribution in [-0.4, -0.2) is 9.97 Å². The third-order valence-electron chi connectivity index (χ3n) is 2.64. The van der Waals surface area contributed by atoms with Gasteiger partial charge in [0.05, 0.1) is 11.1 Å². The molecule has 0 fully saturated rings. The summed E-state index contributed by atoms with van der Waals surface area (Å²) in [6.45, 7) is 0. The molecule has 0 saturated carbocycles. The number of halogens is 2. The van der Waals surface area contributed by atoms with Gasteiger partial charge in [-0.2, -0.15) is 4.98 Å². The fourth-order valence-corrected chi connectivity index (χ4v) is 3.50. The Labute approximate surface area is 137 Å². The largest absolute Gasteiger partial charge is 0.339 e. The van der Waals surface area contributed by atoms with E-state index in [1.165, 1.54) is 11.3 Å². The first kappa shape index (κ1) is 13.8. The summed E-state index contributed by atoms with van der Waals surface area (Å²) < 4.78 is 1.01. The second-order valence-corrected chi connectivity index (χ2v) is 6.42. The van der Waals surface area contributed by atoms with E-state index in [9.17, 15) is 0 Å². The van der Waals surface area contributed by atoms with Crippen molar-refractivity contribution in [2.75, 3.05) is 10.7 Å². The number of nitrogen functional groups attached to an aromatic ring is 1. The van der Waals surface area contributed by atoms with Gasteiger partial charge >= 0.3 is 0 Å². The molecule has 0 spiro atoms. The molecule has 1 aromatic carbocycles. The molecule has 0 unspecified atom stereocenters. The van der Waals surface area contributed by atoms with Crippen LogP contribution in [0.1, 0.15) is 0 Å². The highest BCUT2D eigenvalue weighted by Gasteiger charge is 2.10. The first-order valence-electron chi connectivity index (χ1n) is 5.61. The number of hydrazine groups is 1. The highest BCUT2D eigenvalue weighted by atomic mass is 127. The van der Waals surface area contributed by atoms with Gasteiger partial charge in [0.15, 0.2) is 0 Å². The van der Waals surface area contributed by atoms with Gasteiger partial charge in [-0.05, 0) is 52.2 Å². The molecule has 4 N–H and O–H groups in total. The van der Waals surface area contributed by atoms with Crippen molar-refractivity contribution in [3.8, 4) is 0 Å². The van der Waals surface area contributed by atoms with Crippen molar-refractivity contribution in [3.63, 3.8) is 0 Å². The molecule has 0 bridgehead atoms. The van der Waals surface area contributed by atoms with E-state index in [1.807, 2.05) is 29.6 Å². The highest BCUT2D eigenvalue weighted by molar-refractivity contribution is 14.1. The molecule has 20 heavy (non-hydrogen) atoms. The fraction of sp³-hybridized carbons (Fsp3) is 0. The molecule has 0 aliphatic rings. The predicted octanol–water partition coefficient (Wildman–Crippen LogP) is 3.98. The van der Waals surface area contributed by atoms with E-state index in [1.54, 1.807) is 0 Å². The van der Waals surface area contributed by atoms with Gasteiger partial charge in [0.2, 0.25) is 5.95 Å². The molecule has 3 rings (SSSR count). The number of thiophene rings is 1. The zero-order chi connectivity index (χ0) is 14.1. The normalized spacial score (nSPS) is 10.8. The molecule has 0 aliphatic carbocycles. The number of nitrogens with one attached hydrogen (secondary N) is 2. The lowest BCUT2D eigenvalue weighted by Crippen LogP contribution is -2.11. The summed E-state index contributed by atoms with van der Waals surface area (Å²) >= 11 is 9.73. The number of hydrogen-bond acceptors (Lipinski definition) is 6. The molecule has 0 amide bonds. The smallest absolute Gasteiger partial charge is 0.240 e. The maximum absolute atomic E-state index is 5.96. The minimum absolute atomic E-state index is 0.381. The molecular weight excluding hydrogens is 409 g/mol. The highest BCUT2D eigenvalue weighted by Crippen LogP contribution is 2.31. The Kier molecular flexibility index (Phi) is 3.92. The minimum Gasteiger partial charge on any atom is -0.339 e. The SMILES string of the molecule is NNc1nc(Nc2ccc(Cl)cc2I)c2ccsc2n1. The summed E-state index contributed by atoms with van der Waals surface area (Å²) in [5, 5.41) is 6.93. The number of rotatable bonds is 3. The van der Waals surface area contributed by atoms with Crippen LogP contribution >= 0.6 is 45.5 Å². The molecule has 0 aliphatic heterocycles. The Morgan fingerprint density at radius 2 is 2.10 bits per heavy atom. The van der Waals surface area contributed by atoms with Gasteiger partial charge in [-0.3, -0.25) is 5.43 Å². The van der Waals surface area contributed by atoms with E-state index in [0.717, 1.165) is 19.5 Å². The van der Waals surface area contributed by atoms with Crippen LogP contribution in [0.3, 0.4) is 0 Å². The van der Waals surface area contributed by atoms with E-state index < -0.39 is 0 Å². The van der Waals surface area contributed by atoms with E-state index >= 15 is 0 Å². The average Bonchev–Trinajstić information content (AvgIpc) is 2.90. The Morgan fingerprint density at radius 3 is 2.85 bits per heavy atom. The van der Waals surface area contributed by atoms with Crippen molar-refractivity contribution in [2.45, 2.75) is 0 Å². The first-order valence-corrected chi connectivity index (χ1v) is 7.95. The van der Waals surface area contributed by atoms with Gasteiger partial charge in [0, 0.05) is 8.59 Å². The average molecular weight is 418 g/mol. The third kappa shape index (κ3) is 2.66. The zero-order valence-electron chi connectivity index (χ0n) is 10.0. The molecule has 0 radical (unpaired) electrons. The quantitative estimate of drug-likeness (QED) is 0.341. The Bertz CT molecular complexity index is 776. The van der Waals surface area contributed by atoms with Crippen LogP contribution in [-0.2, 0) is 0 Å². The Hall–Kier alpha value is -1.16. The van der Waals surface area contributed by atoms with Gasteiger partial charge in [-0.25, -0.2) is 10.8 Å². The van der Waals surface area contributed by atoms with Crippen molar-refractivity contribution < 1.29 is 0 Å². The first-order chi connectivity index (χ1) is 9.67. The molecule has 0 saturated heterocycles. The predicted molar refractivity (Wildman–Crippen MR) is 92.7 cm³/mol. The van der Waals surface area contributed by atoms with Gasteiger partial charge < -0.3 is 5.32 Å². The Balaban J connectivity index is 2.07. The van der Waals surface area contributed by atoms with E-state index in [0.29, 0.717) is 16.8 Å². The monoisotopic (exact) mass is 417 g/mol. The molecule has 102 valence electrons. The number of aromatic nitrogens is 2. The molecule has 2 aromatic heterocycles. The van der Waals surface area contributed by atoms with Gasteiger partial charge in [0.1, 0.15) is 10.6 Å². The summed E-state index contributed by atoms with van der Waals surface area (Å²) in [6.07, 6.45) is 0. The maximum atomic E-state index is 5.96. The van der Waals surface area contributed by atoms with E-state index in [4.69, 9.17) is 17.4 Å². The van der Waals surface area contributed by atoms with E-state index in [2.05, 4.69) is 43.3 Å². The van der Waals surface area contributed by atoms with Crippen LogP contribution in [0.25, 0.3) is 10.2 Å².